The number of methoxy groups -OCH3 is 1. The van der Waals surface area contributed by atoms with Gasteiger partial charge in [-0.3, -0.25) is 0 Å². The smallest absolute Gasteiger partial charge is 0.141 e. The van der Waals surface area contributed by atoms with Crippen LogP contribution in [-0.4, -0.2) is 22.2 Å². The number of fused-ring (bicyclic) bond motifs is 1. The summed E-state index contributed by atoms with van der Waals surface area (Å²) in [6.07, 6.45) is 1.50. The quantitative estimate of drug-likeness (QED) is 0.763. The van der Waals surface area contributed by atoms with Crippen molar-refractivity contribution in [3.8, 4) is 11.5 Å². The van der Waals surface area contributed by atoms with Gasteiger partial charge in [0.05, 0.1) is 12.6 Å². The molecule has 2 aromatic carbocycles. The van der Waals surface area contributed by atoms with Crippen molar-refractivity contribution in [2.24, 2.45) is 0 Å². The molecule has 0 unspecified atom stereocenters. The van der Waals surface area contributed by atoms with Crippen molar-refractivity contribution in [2.75, 3.05) is 12.4 Å². The third-order valence-electron chi connectivity index (χ3n) is 2.95. The van der Waals surface area contributed by atoms with Gasteiger partial charge in [0.2, 0.25) is 0 Å². The van der Waals surface area contributed by atoms with Gasteiger partial charge in [-0.25, -0.2) is 9.97 Å². The second-order valence-corrected chi connectivity index (χ2v) is 4.28. The summed E-state index contributed by atoms with van der Waals surface area (Å²) in [6, 6.07) is 12.5. The number of hydrogen-bond acceptors (Lipinski definition) is 5. The van der Waals surface area contributed by atoms with E-state index in [1.165, 1.54) is 6.33 Å². The van der Waals surface area contributed by atoms with Gasteiger partial charge in [-0.2, -0.15) is 0 Å². The molecule has 0 saturated heterocycles. The van der Waals surface area contributed by atoms with Crippen molar-refractivity contribution in [2.45, 2.75) is 0 Å². The number of anilines is 2. The minimum atomic E-state index is 0.200. The minimum Gasteiger partial charge on any atom is -0.508 e. The van der Waals surface area contributed by atoms with Crippen LogP contribution in [0.1, 0.15) is 0 Å². The fraction of sp³-hybridized carbons (Fsp3) is 0.0667. The van der Waals surface area contributed by atoms with Crippen LogP contribution in [0.5, 0.6) is 11.5 Å². The van der Waals surface area contributed by atoms with Crippen LogP contribution in [0.3, 0.4) is 0 Å². The molecule has 0 spiro atoms. The van der Waals surface area contributed by atoms with E-state index in [9.17, 15) is 5.11 Å². The zero-order valence-electron chi connectivity index (χ0n) is 10.9. The fourth-order valence-corrected chi connectivity index (χ4v) is 1.98. The van der Waals surface area contributed by atoms with Crippen molar-refractivity contribution in [1.29, 1.82) is 0 Å². The fourth-order valence-electron chi connectivity index (χ4n) is 1.98. The summed E-state index contributed by atoms with van der Waals surface area (Å²) in [4.78, 5) is 8.47. The number of hydrogen-bond donors (Lipinski definition) is 2. The van der Waals surface area contributed by atoms with Crippen molar-refractivity contribution < 1.29 is 9.84 Å². The van der Waals surface area contributed by atoms with Crippen molar-refractivity contribution in [3.05, 3.63) is 48.8 Å². The van der Waals surface area contributed by atoms with E-state index in [0.29, 0.717) is 5.82 Å². The lowest BCUT2D eigenvalue weighted by Crippen LogP contribution is -1.96. The third kappa shape index (κ3) is 2.33. The van der Waals surface area contributed by atoms with Crippen LogP contribution in [0.15, 0.2) is 48.8 Å². The molecule has 20 heavy (non-hydrogen) atoms. The van der Waals surface area contributed by atoms with Gasteiger partial charge in [0.25, 0.3) is 0 Å². The molecule has 1 aromatic heterocycles. The van der Waals surface area contributed by atoms with Crippen LogP contribution >= 0.6 is 0 Å². The van der Waals surface area contributed by atoms with Gasteiger partial charge in [-0.15, -0.1) is 0 Å². The number of ether oxygens (including phenoxy) is 1. The van der Waals surface area contributed by atoms with E-state index in [1.807, 2.05) is 24.3 Å². The molecule has 0 fully saturated rings. The Hall–Kier alpha value is -2.82. The number of rotatable bonds is 3. The number of phenols is 1. The molecular weight excluding hydrogens is 254 g/mol. The zero-order valence-corrected chi connectivity index (χ0v) is 10.9. The van der Waals surface area contributed by atoms with Gasteiger partial charge < -0.3 is 15.2 Å². The molecule has 5 nitrogen and oxygen atoms in total. The number of benzene rings is 2. The van der Waals surface area contributed by atoms with Gasteiger partial charge in [0.1, 0.15) is 23.6 Å². The molecule has 3 aromatic rings. The summed E-state index contributed by atoms with van der Waals surface area (Å²) in [6.45, 7) is 0. The highest BCUT2D eigenvalue weighted by Crippen LogP contribution is 2.27. The predicted octanol–water partition coefficient (Wildman–Crippen LogP) is 3.09. The van der Waals surface area contributed by atoms with E-state index in [0.717, 1.165) is 22.3 Å². The summed E-state index contributed by atoms with van der Waals surface area (Å²) >= 11 is 0. The molecular formula is C15H13N3O2. The minimum absolute atomic E-state index is 0.200. The van der Waals surface area contributed by atoms with Gasteiger partial charge >= 0.3 is 0 Å². The van der Waals surface area contributed by atoms with Gasteiger partial charge in [-0.1, -0.05) is 6.07 Å². The SMILES string of the molecule is COc1ccc2ncnc(Nc3cccc(O)c3)c2c1. The maximum Gasteiger partial charge on any atom is 0.141 e. The molecule has 1 heterocycles. The van der Waals surface area contributed by atoms with Crippen LogP contribution in [0.2, 0.25) is 0 Å². The van der Waals surface area contributed by atoms with Crippen LogP contribution in [0, 0.1) is 0 Å². The lowest BCUT2D eigenvalue weighted by molar-refractivity contribution is 0.415. The lowest BCUT2D eigenvalue weighted by Gasteiger charge is -2.09. The molecule has 0 bridgehead atoms. The highest BCUT2D eigenvalue weighted by molar-refractivity contribution is 5.91. The van der Waals surface area contributed by atoms with E-state index in [-0.39, 0.29) is 5.75 Å². The molecule has 0 aliphatic rings. The molecule has 5 heteroatoms. The highest BCUT2D eigenvalue weighted by Gasteiger charge is 2.06. The maximum atomic E-state index is 9.49. The Bertz CT molecular complexity index is 759. The number of aromatic nitrogens is 2. The van der Waals surface area contributed by atoms with E-state index in [1.54, 1.807) is 25.3 Å². The highest BCUT2D eigenvalue weighted by atomic mass is 16.5. The van der Waals surface area contributed by atoms with Crippen LogP contribution < -0.4 is 10.1 Å². The van der Waals surface area contributed by atoms with Crippen molar-refractivity contribution in [3.63, 3.8) is 0 Å². The summed E-state index contributed by atoms with van der Waals surface area (Å²) < 4.78 is 5.22. The Morgan fingerprint density at radius 2 is 2.00 bits per heavy atom. The molecule has 0 saturated carbocycles. The normalized spacial score (nSPS) is 10.4. The number of nitrogens with zero attached hydrogens (tertiary/aromatic N) is 2. The van der Waals surface area contributed by atoms with Crippen LogP contribution in [0.25, 0.3) is 10.9 Å². The topological polar surface area (TPSA) is 67.3 Å². The van der Waals surface area contributed by atoms with Gasteiger partial charge in [-0.05, 0) is 30.3 Å². The monoisotopic (exact) mass is 267 g/mol. The molecule has 0 atom stereocenters. The van der Waals surface area contributed by atoms with E-state index < -0.39 is 0 Å². The van der Waals surface area contributed by atoms with Crippen molar-refractivity contribution >= 4 is 22.4 Å². The molecule has 3 rings (SSSR count). The molecule has 0 amide bonds. The Kier molecular flexibility index (Phi) is 3.09. The molecule has 100 valence electrons. The average Bonchev–Trinajstić information content (AvgIpc) is 2.47. The summed E-state index contributed by atoms with van der Waals surface area (Å²) in [5.74, 6) is 1.61. The van der Waals surface area contributed by atoms with E-state index >= 15 is 0 Å². The van der Waals surface area contributed by atoms with Crippen LogP contribution in [0.4, 0.5) is 11.5 Å². The third-order valence-corrected chi connectivity index (χ3v) is 2.95. The Morgan fingerprint density at radius 3 is 2.80 bits per heavy atom. The first kappa shape index (κ1) is 12.2. The largest absolute Gasteiger partial charge is 0.508 e. The number of nitrogens with one attached hydrogen (secondary N) is 1. The van der Waals surface area contributed by atoms with Crippen LogP contribution in [-0.2, 0) is 0 Å². The second-order valence-electron chi connectivity index (χ2n) is 4.28. The number of aromatic hydroxyl groups is 1. The Balaban J connectivity index is 2.06. The maximum absolute atomic E-state index is 9.49. The first-order valence-electron chi connectivity index (χ1n) is 6.11. The summed E-state index contributed by atoms with van der Waals surface area (Å²) in [7, 11) is 1.62. The Morgan fingerprint density at radius 1 is 1.10 bits per heavy atom. The van der Waals surface area contributed by atoms with E-state index in [2.05, 4.69) is 15.3 Å². The summed E-state index contributed by atoms with van der Waals surface area (Å²) in [5.41, 5.74) is 1.58. The second kappa shape index (κ2) is 5.05. The number of phenolic OH excluding ortho intramolecular Hbond substituents is 1. The molecule has 0 aliphatic heterocycles. The molecule has 0 radical (unpaired) electrons. The average molecular weight is 267 g/mol. The Labute approximate surface area is 115 Å². The molecule has 2 N–H and O–H groups in total. The summed E-state index contributed by atoms with van der Waals surface area (Å²) in [5, 5.41) is 13.5. The zero-order chi connectivity index (χ0) is 13.9. The first-order chi connectivity index (χ1) is 9.76. The molecule has 0 aliphatic carbocycles. The van der Waals surface area contributed by atoms with Crippen molar-refractivity contribution in [1.82, 2.24) is 9.97 Å². The predicted molar refractivity (Wildman–Crippen MR) is 77.5 cm³/mol. The van der Waals surface area contributed by atoms with Gasteiger partial charge in [0, 0.05) is 17.1 Å². The van der Waals surface area contributed by atoms with E-state index in [4.69, 9.17) is 4.74 Å². The van der Waals surface area contributed by atoms with Gasteiger partial charge in [0.15, 0.2) is 0 Å². The first-order valence-corrected chi connectivity index (χ1v) is 6.11. The lowest BCUT2D eigenvalue weighted by atomic mass is 10.2. The standard InChI is InChI=1S/C15H13N3O2/c1-20-12-5-6-14-13(8-12)15(17-9-16-14)18-10-3-2-4-11(19)7-10/h2-9,19H,1H3,(H,16,17,18).